The quantitative estimate of drug-likeness (QED) is 0.851. The highest BCUT2D eigenvalue weighted by Gasteiger charge is 2.28. The predicted molar refractivity (Wildman–Crippen MR) is 108 cm³/mol. The van der Waals surface area contributed by atoms with Crippen molar-refractivity contribution in [3.8, 4) is 0 Å². The lowest BCUT2D eigenvalue weighted by atomic mass is 10.1. The van der Waals surface area contributed by atoms with E-state index in [1.807, 2.05) is 6.07 Å². The van der Waals surface area contributed by atoms with Crippen LogP contribution in [0.15, 0.2) is 42.5 Å². The molecule has 2 aliphatic heterocycles. The van der Waals surface area contributed by atoms with Gasteiger partial charge in [0.25, 0.3) is 5.91 Å². The molecule has 0 aromatic heterocycles. The molecule has 2 aromatic rings. The fourth-order valence-electron chi connectivity index (χ4n) is 3.75. The Balaban J connectivity index is 1.55. The van der Waals surface area contributed by atoms with Gasteiger partial charge in [-0.05, 0) is 55.7 Å². The first-order valence-electron chi connectivity index (χ1n) is 9.41. The molecule has 148 valence electrons. The number of rotatable bonds is 4. The van der Waals surface area contributed by atoms with Crippen molar-refractivity contribution in [2.24, 2.45) is 0 Å². The molecule has 0 spiro atoms. The van der Waals surface area contributed by atoms with Crippen molar-refractivity contribution < 1.29 is 17.6 Å². The zero-order valence-corrected chi connectivity index (χ0v) is 16.2. The van der Waals surface area contributed by atoms with Crippen LogP contribution >= 0.6 is 0 Å². The molecular weight excluding hydrogens is 381 g/mol. The second kappa shape index (κ2) is 7.43. The Hall–Kier alpha value is -2.61. The lowest BCUT2D eigenvalue weighted by Crippen LogP contribution is -2.25. The van der Waals surface area contributed by atoms with E-state index in [-0.39, 0.29) is 11.4 Å². The molecule has 1 amide bonds. The predicted octanol–water partition coefficient (Wildman–Crippen LogP) is 3.22. The topological polar surface area (TPSA) is 69.7 Å². The van der Waals surface area contributed by atoms with Gasteiger partial charge in [0.1, 0.15) is 11.5 Å². The Kier molecular flexibility index (Phi) is 4.97. The Labute approximate surface area is 164 Å². The van der Waals surface area contributed by atoms with Crippen molar-refractivity contribution in [1.82, 2.24) is 0 Å². The smallest absolute Gasteiger partial charge is 0.255 e. The molecule has 8 heteroatoms. The number of nitrogens with zero attached hydrogens (tertiary/aromatic N) is 2. The first kappa shape index (κ1) is 18.7. The Morgan fingerprint density at radius 3 is 2.32 bits per heavy atom. The summed E-state index contributed by atoms with van der Waals surface area (Å²) in [4.78, 5) is 14.7. The summed E-state index contributed by atoms with van der Waals surface area (Å²) >= 11 is 0. The third-order valence-electron chi connectivity index (χ3n) is 5.19. The molecule has 0 atom stereocenters. The highest BCUT2D eigenvalue weighted by Crippen LogP contribution is 2.32. The number of sulfonamides is 1. The van der Waals surface area contributed by atoms with E-state index in [1.54, 1.807) is 30.3 Å². The molecule has 2 aliphatic rings. The third kappa shape index (κ3) is 3.56. The van der Waals surface area contributed by atoms with E-state index in [0.717, 1.165) is 25.9 Å². The van der Waals surface area contributed by atoms with E-state index in [1.165, 1.54) is 10.4 Å². The summed E-state index contributed by atoms with van der Waals surface area (Å²) in [6.07, 6.45) is 2.69. The Morgan fingerprint density at radius 1 is 0.964 bits per heavy atom. The number of hydrogen-bond donors (Lipinski definition) is 1. The number of nitrogens with one attached hydrogen (secondary N) is 1. The summed E-state index contributed by atoms with van der Waals surface area (Å²) in [6, 6.07) is 11.1. The molecule has 0 radical (unpaired) electrons. The summed E-state index contributed by atoms with van der Waals surface area (Å²) in [5, 5.41) is 2.69. The highest BCUT2D eigenvalue weighted by atomic mass is 32.2. The van der Waals surface area contributed by atoms with Crippen LogP contribution in [0, 0.1) is 5.82 Å². The highest BCUT2D eigenvalue weighted by molar-refractivity contribution is 7.93. The Bertz CT molecular complexity index is 986. The number of hydrogen-bond acceptors (Lipinski definition) is 4. The summed E-state index contributed by atoms with van der Waals surface area (Å²) in [5.41, 5.74) is 1.75. The van der Waals surface area contributed by atoms with Crippen molar-refractivity contribution in [3.05, 3.63) is 53.8 Å². The van der Waals surface area contributed by atoms with Gasteiger partial charge in [-0.15, -0.1) is 0 Å². The van der Waals surface area contributed by atoms with E-state index < -0.39 is 21.7 Å². The molecule has 0 saturated carbocycles. The molecule has 2 aromatic carbocycles. The van der Waals surface area contributed by atoms with Gasteiger partial charge >= 0.3 is 0 Å². The molecule has 2 saturated heterocycles. The first-order chi connectivity index (χ1) is 13.5. The van der Waals surface area contributed by atoms with Crippen molar-refractivity contribution >= 4 is 33.0 Å². The van der Waals surface area contributed by atoms with E-state index in [9.17, 15) is 17.6 Å². The lowest BCUT2D eigenvalue weighted by Gasteiger charge is -2.22. The van der Waals surface area contributed by atoms with Crippen LogP contribution in [0.2, 0.25) is 0 Å². The molecule has 0 aliphatic carbocycles. The van der Waals surface area contributed by atoms with Crippen molar-refractivity contribution in [1.29, 1.82) is 0 Å². The van der Waals surface area contributed by atoms with Gasteiger partial charge in [0.05, 0.1) is 17.1 Å². The maximum absolute atomic E-state index is 14.4. The van der Waals surface area contributed by atoms with Crippen LogP contribution in [-0.4, -0.2) is 39.7 Å². The molecule has 0 bridgehead atoms. The SMILES string of the molecule is O=C(Nc1c(F)cccc1N1CCCC1)c1ccc(N2CCCS2(=O)=O)cc1. The van der Waals surface area contributed by atoms with Gasteiger partial charge in [-0.25, -0.2) is 12.8 Å². The van der Waals surface area contributed by atoms with Gasteiger partial charge in [0.15, 0.2) is 0 Å². The average molecular weight is 403 g/mol. The summed E-state index contributed by atoms with van der Waals surface area (Å²) < 4.78 is 39.8. The number of benzene rings is 2. The minimum Gasteiger partial charge on any atom is -0.370 e. The molecule has 28 heavy (non-hydrogen) atoms. The molecule has 6 nitrogen and oxygen atoms in total. The van der Waals surface area contributed by atoms with Gasteiger partial charge in [-0.3, -0.25) is 9.10 Å². The number of carbonyl (C=O) groups is 1. The second-order valence-corrected chi connectivity index (χ2v) is 9.08. The number of anilines is 3. The number of halogens is 1. The lowest BCUT2D eigenvalue weighted by molar-refractivity contribution is 0.102. The van der Waals surface area contributed by atoms with Gasteiger partial charge in [0.2, 0.25) is 10.0 Å². The number of carbonyl (C=O) groups excluding carboxylic acids is 1. The van der Waals surface area contributed by atoms with Gasteiger partial charge in [0, 0.05) is 25.2 Å². The minimum absolute atomic E-state index is 0.141. The average Bonchev–Trinajstić information content (AvgIpc) is 3.33. The standard InChI is InChI=1S/C20H22FN3O3S/c21-17-5-3-6-18(23-11-1-2-12-23)19(17)22-20(25)15-7-9-16(10-8-15)24-13-4-14-28(24,26)27/h3,5-10H,1-2,4,11-14H2,(H,22,25). The van der Waals surface area contributed by atoms with Crippen LogP contribution in [0.5, 0.6) is 0 Å². The van der Waals surface area contributed by atoms with Gasteiger partial charge < -0.3 is 10.2 Å². The normalized spacial score (nSPS) is 18.5. The first-order valence-corrected chi connectivity index (χ1v) is 11.0. The summed E-state index contributed by atoms with van der Waals surface area (Å²) in [5.74, 6) is -0.763. The van der Waals surface area contributed by atoms with Crippen molar-refractivity contribution in [2.45, 2.75) is 19.3 Å². The minimum atomic E-state index is -3.26. The van der Waals surface area contributed by atoms with Crippen LogP contribution in [-0.2, 0) is 10.0 Å². The number of amides is 1. The molecule has 4 rings (SSSR count). The molecule has 2 fully saturated rings. The summed E-state index contributed by atoms with van der Waals surface area (Å²) in [6.45, 7) is 2.12. The monoisotopic (exact) mass is 403 g/mol. The van der Waals surface area contributed by atoms with Crippen LogP contribution in [0.25, 0.3) is 0 Å². The zero-order valence-electron chi connectivity index (χ0n) is 15.4. The fourth-order valence-corrected chi connectivity index (χ4v) is 5.32. The van der Waals surface area contributed by atoms with Crippen molar-refractivity contribution in [3.63, 3.8) is 0 Å². The van der Waals surface area contributed by atoms with E-state index >= 15 is 0 Å². The van der Waals surface area contributed by atoms with E-state index in [2.05, 4.69) is 10.2 Å². The second-order valence-electron chi connectivity index (χ2n) is 7.07. The zero-order chi connectivity index (χ0) is 19.7. The largest absolute Gasteiger partial charge is 0.370 e. The third-order valence-corrected chi connectivity index (χ3v) is 7.06. The van der Waals surface area contributed by atoms with E-state index in [4.69, 9.17) is 0 Å². The van der Waals surface area contributed by atoms with Crippen LogP contribution in [0.4, 0.5) is 21.5 Å². The number of para-hydroxylation sites is 1. The molecule has 0 unspecified atom stereocenters. The van der Waals surface area contributed by atoms with Gasteiger partial charge in [-0.1, -0.05) is 6.07 Å². The van der Waals surface area contributed by atoms with Crippen LogP contribution in [0.3, 0.4) is 0 Å². The molecular formula is C20H22FN3O3S. The molecule has 1 N–H and O–H groups in total. The maximum atomic E-state index is 14.4. The summed E-state index contributed by atoms with van der Waals surface area (Å²) in [7, 11) is -3.26. The van der Waals surface area contributed by atoms with Crippen LogP contribution < -0.4 is 14.5 Å². The van der Waals surface area contributed by atoms with E-state index in [0.29, 0.717) is 29.9 Å². The van der Waals surface area contributed by atoms with Crippen molar-refractivity contribution in [2.75, 3.05) is 39.9 Å². The fraction of sp³-hybridized carbons (Fsp3) is 0.350. The Morgan fingerprint density at radius 2 is 1.68 bits per heavy atom. The van der Waals surface area contributed by atoms with Crippen LogP contribution in [0.1, 0.15) is 29.6 Å². The molecule has 2 heterocycles. The maximum Gasteiger partial charge on any atom is 0.255 e. The van der Waals surface area contributed by atoms with Gasteiger partial charge in [-0.2, -0.15) is 0 Å².